The molecule has 1 aliphatic heterocycles. The van der Waals surface area contributed by atoms with Crippen LogP contribution >= 0.6 is 12.4 Å². The molecule has 0 unspecified atom stereocenters. The number of nitrogens with two attached hydrogens (primary N) is 1. The predicted molar refractivity (Wildman–Crippen MR) is 116 cm³/mol. The van der Waals surface area contributed by atoms with Crippen molar-refractivity contribution in [2.75, 3.05) is 16.8 Å². The van der Waals surface area contributed by atoms with E-state index in [0.29, 0.717) is 12.1 Å². The van der Waals surface area contributed by atoms with E-state index in [-0.39, 0.29) is 29.6 Å². The van der Waals surface area contributed by atoms with E-state index < -0.39 is 6.04 Å². The molecule has 3 rings (SSSR count). The first-order valence-corrected chi connectivity index (χ1v) is 9.29. The number of hydrogen-bond donors (Lipinski definition) is 2. The van der Waals surface area contributed by atoms with Crippen molar-refractivity contribution in [1.82, 2.24) is 0 Å². The lowest BCUT2D eigenvalue weighted by molar-refractivity contribution is -0.119. The monoisotopic (exact) mass is 401 g/mol. The first-order chi connectivity index (χ1) is 12.8. The summed E-state index contributed by atoms with van der Waals surface area (Å²) in [5.74, 6) is -0.119. The SMILES string of the molecule is CC(C)(C)[C@H](N)C(=O)Nc1ccc(CC(=O)N2CCc3ccccc32)cc1.Cl. The van der Waals surface area contributed by atoms with Gasteiger partial charge in [0.1, 0.15) is 0 Å². The number of anilines is 2. The van der Waals surface area contributed by atoms with Gasteiger partial charge >= 0.3 is 0 Å². The smallest absolute Gasteiger partial charge is 0.241 e. The normalized spacial score (nSPS) is 14.1. The summed E-state index contributed by atoms with van der Waals surface area (Å²) >= 11 is 0. The number of rotatable bonds is 4. The highest BCUT2D eigenvalue weighted by Gasteiger charge is 2.27. The number of carbonyl (C=O) groups excluding carboxylic acids is 2. The summed E-state index contributed by atoms with van der Waals surface area (Å²) in [6.07, 6.45) is 1.24. The third-order valence-corrected chi connectivity index (χ3v) is 4.98. The van der Waals surface area contributed by atoms with Crippen LogP contribution in [0.1, 0.15) is 31.9 Å². The molecule has 1 aliphatic rings. The molecule has 3 N–H and O–H groups in total. The van der Waals surface area contributed by atoms with Crippen LogP contribution in [0.5, 0.6) is 0 Å². The van der Waals surface area contributed by atoms with Gasteiger partial charge in [-0.3, -0.25) is 9.59 Å². The largest absolute Gasteiger partial charge is 0.325 e. The lowest BCUT2D eigenvalue weighted by Crippen LogP contribution is -2.45. The highest BCUT2D eigenvalue weighted by atomic mass is 35.5. The van der Waals surface area contributed by atoms with Crippen LogP contribution in [-0.4, -0.2) is 24.4 Å². The number of fused-ring (bicyclic) bond motifs is 1. The van der Waals surface area contributed by atoms with Crippen LogP contribution in [-0.2, 0) is 22.4 Å². The molecule has 6 heteroatoms. The molecule has 28 heavy (non-hydrogen) atoms. The van der Waals surface area contributed by atoms with Crippen LogP contribution < -0.4 is 16.0 Å². The molecular weight excluding hydrogens is 374 g/mol. The minimum Gasteiger partial charge on any atom is -0.325 e. The standard InChI is InChI=1S/C22H27N3O2.ClH/c1-22(2,3)20(23)21(27)24-17-10-8-15(9-11-17)14-19(26)25-13-12-16-6-4-5-7-18(16)25;/h4-11,20H,12-14,23H2,1-3H3,(H,24,27);1H/t20-;/m1./s1. The van der Waals surface area contributed by atoms with Gasteiger partial charge in [0.05, 0.1) is 12.5 Å². The van der Waals surface area contributed by atoms with Gasteiger partial charge in [0.15, 0.2) is 0 Å². The van der Waals surface area contributed by atoms with Gasteiger partial charge in [-0.2, -0.15) is 0 Å². The van der Waals surface area contributed by atoms with Gasteiger partial charge in [0, 0.05) is 17.9 Å². The Hall–Kier alpha value is -2.37. The lowest BCUT2D eigenvalue weighted by Gasteiger charge is -2.25. The predicted octanol–water partition coefficient (Wildman–Crippen LogP) is 3.55. The Morgan fingerprint density at radius 2 is 1.75 bits per heavy atom. The molecule has 0 aliphatic carbocycles. The fraction of sp³-hybridized carbons (Fsp3) is 0.364. The van der Waals surface area contributed by atoms with Crippen LogP contribution in [0.4, 0.5) is 11.4 Å². The second kappa shape index (κ2) is 8.76. The summed E-state index contributed by atoms with van der Waals surface area (Å²) in [6, 6.07) is 14.8. The third-order valence-electron chi connectivity index (χ3n) is 4.98. The maximum absolute atomic E-state index is 12.7. The number of benzene rings is 2. The Labute approximate surface area is 172 Å². The third kappa shape index (κ3) is 4.91. The van der Waals surface area contributed by atoms with Gasteiger partial charge in [0.25, 0.3) is 0 Å². The average Bonchev–Trinajstić information content (AvgIpc) is 3.06. The number of carbonyl (C=O) groups is 2. The molecule has 150 valence electrons. The van der Waals surface area contributed by atoms with E-state index in [4.69, 9.17) is 5.73 Å². The van der Waals surface area contributed by atoms with E-state index in [0.717, 1.165) is 24.2 Å². The van der Waals surface area contributed by atoms with Crippen molar-refractivity contribution in [3.63, 3.8) is 0 Å². The number of hydrogen-bond acceptors (Lipinski definition) is 3. The number of nitrogens with zero attached hydrogens (tertiary/aromatic N) is 1. The van der Waals surface area contributed by atoms with Crippen LogP contribution in [0.3, 0.4) is 0 Å². The fourth-order valence-corrected chi connectivity index (χ4v) is 3.19. The van der Waals surface area contributed by atoms with Crippen LogP contribution in [0.15, 0.2) is 48.5 Å². The second-order valence-corrected chi connectivity index (χ2v) is 8.13. The zero-order chi connectivity index (χ0) is 19.6. The van der Waals surface area contributed by atoms with Crippen molar-refractivity contribution in [2.45, 2.75) is 39.7 Å². The molecular formula is C22H28ClN3O2. The molecule has 2 aromatic carbocycles. The Morgan fingerprint density at radius 3 is 2.39 bits per heavy atom. The van der Waals surface area contributed by atoms with Gasteiger partial charge in [-0.25, -0.2) is 0 Å². The van der Waals surface area contributed by atoms with E-state index in [2.05, 4.69) is 11.4 Å². The Morgan fingerprint density at radius 1 is 1.11 bits per heavy atom. The number of amides is 2. The molecule has 0 saturated heterocycles. The highest BCUT2D eigenvalue weighted by Crippen LogP contribution is 2.28. The molecule has 0 fully saturated rings. The van der Waals surface area contributed by atoms with Crippen LogP contribution in [0, 0.1) is 5.41 Å². The van der Waals surface area contributed by atoms with Crippen molar-refractivity contribution in [3.8, 4) is 0 Å². The van der Waals surface area contributed by atoms with Crippen molar-refractivity contribution in [3.05, 3.63) is 59.7 Å². The van der Waals surface area contributed by atoms with Crippen molar-refractivity contribution in [2.24, 2.45) is 11.1 Å². The van der Waals surface area contributed by atoms with Gasteiger partial charge in [0.2, 0.25) is 11.8 Å². The zero-order valence-electron chi connectivity index (χ0n) is 16.6. The highest BCUT2D eigenvalue weighted by molar-refractivity contribution is 5.97. The van der Waals surface area contributed by atoms with Crippen LogP contribution in [0.2, 0.25) is 0 Å². The maximum atomic E-state index is 12.7. The lowest BCUT2D eigenvalue weighted by atomic mass is 9.87. The van der Waals surface area contributed by atoms with E-state index in [1.807, 2.05) is 68.1 Å². The molecule has 0 aromatic heterocycles. The van der Waals surface area contributed by atoms with Gasteiger partial charge in [-0.05, 0) is 41.2 Å². The fourth-order valence-electron chi connectivity index (χ4n) is 3.19. The molecule has 2 amide bonds. The summed E-state index contributed by atoms with van der Waals surface area (Å²) in [5.41, 5.74) is 9.52. The first kappa shape index (κ1) is 21.9. The molecule has 2 aromatic rings. The summed E-state index contributed by atoms with van der Waals surface area (Å²) in [5, 5.41) is 2.84. The van der Waals surface area contributed by atoms with Crippen molar-refractivity contribution >= 4 is 35.6 Å². The Bertz CT molecular complexity index is 844. The Kier molecular flexibility index (Phi) is 6.86. The molecule has 5 nitrogen and oxygen atoms in total. The summed E-state index contributed by atoms with van der Waals surface area (Å²) < 4.78 is 0. The van der Waals surface area contributed by atoms with E-state index in [1.165, 1.54) is 5.56 Å². The van der Waals surface area contributed by atoms with E-state index in [9.17, 15) is 9.59 Å². The number of para-hydroxylation sites is 1. The average molecular weight is 402 g/mol. The molecule has 1 atom stereocenters. The van der Waals surface area contributed by atoms with E-state index in [1.54, 1.807) is 0 Å². The summed E-state index contributed by atoms with van der Waals surface area (Å²) in [4.78, 5) is 26.7. The minimum atomic E-state index is -0.589. The quantitative estimate of drug-likeness (QED) is 0.822. The van der Waals surface area contributed by atoms with Crippen molar-refractivity contribution < 1.29 is 9.59 Å². The molecule has 0 bridgehead atoms. The number of nitrogens with one attached hydrogen (secondary N) is 1. The van der Waals surface area contributed by atoms with Crippen molar-refractivity contribution in [1.29, 1.82) is 0 Å². The molecule has 1 heterocycles. The Balaban J connectivity index is 0.00000280. The number of halogens is 1. The summed E-state index contributed by atoms with van der Waals surface area (Å²) in [6.45, 7) is 6.53. The second-order valence-electron chi connectivity index (χ2n) is 8.13. The van der Waals surface area contributed by atoms with Gasteiger partial charge in [-0.15, -0.1) is 12.4 Å². The summed E-state index contributed by atoms with van der Waals surface area (Å²) in [7, 11) is 0. The van der Waals surface area contributed by atoms with Crippen LogP contribution in [0.25, 0.3) is 0 Å². The van der Waals surface area contributed by atoms with Gasteiger partial charge in [-0.1, -0.05) is 51.1 Å². The van der Waals surface area contributed by atoms with E-state index >= 15 is 0 Å². The molecule has 0 spiro atoms. The minimum absolute atomic E-state index is 0. The van der Waals surface area contributed by atoms with Gasteiger partial charge < -0.3 is 16.0 Å². The topological polar surface area (TPSA) is 75.4 Å². The zero-order valence-corrected chi connectivity index (χ0v) is 17.4. The molecule has 0 radical (unpaired) electrons. The molecule has 0 saturated carbocycles. The maximum Gasteiger partial charge on any atom is 0.241 e. The first-order valence-electron chi connectivity index (χ1n) is 9.29.